The average Bonchev–Trinajstić information content (AvgIpc) is 3.84. The quantitative estimate of drug-likeness (QED) is 0.156. The van der Waals surface area contributed by atoms with Crippen LogP contribution in [0.3, 0.4) is 0 Å². The molecule has 1 aliphatic carbocycles. The Bertz CT molecular complexity index is 3830. The van der Waals surface area contributed by atoms with Crippen molar-refractivity contribution in [1.82, 2.24) is 0 Å². The van der Waals surface area contributed by atoms with Crippen LogP contribution in [-0.4, -0.2) is 0 Å². The molecule has 302 valence electrons. The van der Waals surface area contributed by atoms with Gasteiger partial charge in [-0.3, -0.25) is 0 Å². The minimum atomic E-state index is -0.174. The molecule has 64 heavy (non-hydrogen) atoms. The summed E-state index contributed by atoms with van der Waals surface area (Å²) in [7, 11) is 0. The number of rotatable bonds is 6. The van der Waals surface area contributed by atoms with Crippen LogP contribution < -0.4 is 9.80 Å². The molecule has 3 heteroatoms. The fraction of sp³-hybridized carbons (Fsp3) is 0.0492. The number of fused-ring (bicyclic) bond motifs is 13. The molecule has 13 rings (SSSR count). The van der Waals surface area contributed by atoms with Crippen molar-refractivity contribution < 1.29 is 4.42 Å². The molecule has 0 saturated heterocycles. The zero-order chi connectivity index (χ0) is 42.5. The predicted molar refractivity (Wildman–Crippen MR) is 271 cm³/mol. The first kappa shape index (κ1) is 36.5. The van der Waals surface area contributed by atoms with Gasteiger partial charge in [0.05, 0.1) is 5.69 Å². The summed E-state index contributed by atoms with van der Waals surface area (Å²) in [6.07, 6.45) is 0. The van der Waals surface area contributed by atoms with Gasteiger partial charge < -0.3 is 14.2 Å². The first-order valence-corrected chi connectivity index (χ1v) is 22.2. The highest BCUT2D eigenvalue weighted by Crippen LogP contribution is 2.53. The molecule has 0 bridgehead atoms. The van der Waals surface area contributed by atoms with E-state index in [0.29, 0.717) is 0 Å². The van der Waals surface area contributed by atoms with Gasteiger partial charge >= 0.3 is 0 Å². The highest BCUT2D eigenvalue weighted by Gasteiger charge is 2.37. The van der Waals surface area contributed by atoms with Crippen LogP contribution in [0.15, 0.2) is 223 Å². The molecule has 0 amide bonds. The van der Waals surface area contributed by atoms with Gasteiger partial charge in [-0.2, -0.15) is 0 Å². The van der Waals surface area contributed by atoms with Gasteiger partial charge in [0.25, 0.3) is 0 Å². The van der Waals surface area contributed by atoms with Gasteiger partial charge in [-0.05, 0) is 127 Å². The molecule has 1 aromatic heterocycles. The fourth-order valence-corrected chi connectivity index (χ4v) is 10.7. The van der Waals surface area contributed by atoms with Crippen molar-refractivity contribution in [3.8, 4) is 11.1 Å². The Morgan fingerprint density at radius 1 is 0.344 bits per heavy atom. The summed E-state index contributed by atoms with van der Waals surface area (Å²) in [5.74, 6) is 0. The number of para-hydroxylation sites is 2. The number of furan rings is 1. The molecule has 12 aromatic rings. The standard InChI is InChI=1S/C61H42N2O/c1-61(2)55-34-26-39-15-9-13-23-48(39)59(55)53-33-29-45(37-56(53)61)62(42-18-5-3-6-19-42)44-27-31-50-47-22-12-11-17-41(47)35-57(54(50)36-44)63(43-20-7-4-8-21-43)46-28-32-51-52-30-25-40-16-10-14-24-49(40)60(52)64-58(51)38-46/h3-38H,1-2H3. The summed E-state index contributed by atoms with van der Waals surface area (Å²) in [5.41, 5.74) is 13.5. The van der Waals surface area contributed by atoms with Gasteiger partial charge in [-0.1, -0.05) is 153 Å². The molecule has 1 heterocycles. The smallest absolute Gasteiger partial charge is 0.143 e. The van der Waals surface area contributed by atoms with E-state index in [9.17, 15) is 0 Å². The fourth-order valence-electron chi connectivity index (χ4n) is 10.7. The lowest BCUT2D eigenvalue weighted by molar-refractivity contribution is 0.661. The van der Waals surface area contributed by atoms with Crippen molar-refractivity contribution in [1.29, 1.82) is 0 Å². The minimum absolute atomic E-state index is 0.174. The van der Waals surface area contributed by atoms with Gasteiger partial charge in [0.1, 0.15) is 11.2 Å². The molecule has 0 saturated carbocycles. The summed E-state index contributed by atoms with van der Waals surface area (Å²) < 4.78 is 6.79. The maximum atomic E-state index is 6.79. The molecule has 0 spiro atoms. The van der Waals surface area contributed by atoms with E-state index in [-0.39, 0.29) is 5.41 Å². The highest BCUT2D eigenvalue weighted by molar-refractivity contribution is 6.18. The van der Waals surface area contributed by atoms with E-state index in [1.807, 2.05) is 0 Å². The van der Waals surface area contributed by atoms with Crippen LogP contribution in [-0.2, 0) is 5.41 Å². The Morgan fingerprint density at radius 3 is 1.67 bits per heavy atom. The van der Waals surface area contributed by atoms with Gasteiger partial charge in [0, 0.05) is 61.5 Å². The molecule has 0 unspecified atom stereocenters. The Labute approximate surface area is 371 Å². The van der Waals surface area contributed by atoms with E-state index in [1.54, 1.807) is 0 Å². The third-order valence-corrected chi connectivity index (χ3v) is 13.8. The van der Waals surface area contributed by atoms with Gasteiger partial charge in [0.15, 0.2) is 0 Å². The predicted octanol–water partition coefficient (Wildman–Crippen LogP) is 17.4. The van der Waals surface area contributed by atoms with E-state index in [0.717, 1.165) is 66.8 Å². The number of nitrogens with zero attached hydrogens (tertiary/aromatic N) is 2. The van der Waals surface area contributed by atoms with E-state index in [4.69, 9.17) is 4.42 Å². The molecule has 1 aliphatic rings. The van der Waals surface area contributed by atoms with Crippen molar-refractivity contribution in [3.63, 3.8) is 0 Å². The summed E-state index contributed by atoms with van der Waals surface area (Å²) in [4.78, 5) is 4.82. The lowest BCUT2D eigenvalue weighted by atomic mass is 9.82. The molecule has 0 fully saturated rings. The molecular formula is C61H42N2O. The zero-order valence-electron chi connectivity index (χ0n) is 35.6. The lowest BCUT2D eigenvalue weighted by Gasteiger charge is -2.30. The van der Waals surface area contributed by atoms with Crippen molar-refractivity contribution in [2.45, 2.75) is 19.3 Å². The zero-order valence-corrected chi connectivity index (χ0v) is 35.6. The van der Waals surface area contributed by atoms with Crippen LogP contribution in [0.5, 0.6) is 0 Å². The van der Waals surface area contributed by atoms with Crippen LogP contribution >= 0.6 is 0 Å². The van der Waals surface area contributed by atoms with Gasteiger partial charge in [0.2, 0.25) is 0 Å². The topological polar surface area (TPSA) is 19.6 Å². The number of benzene rings is 11. The molecule has 0 N–H and O–H groups in total. The van der Waals surface area contributed by atoms with Crippen molar-refractivity contribution >= 4 is 99.2 Å². The van der Waals surface area contributed by atoms with E-state index in [2.05, 4.69) is 242 Å². The molecule has 0 atom stereocenters. The summed E-state index contributed by atoms with van der Waals surface area (Å²) in [5, 5.41) is 11.9. The Balaban J connectivity index is 1.03. The van der Waals surface area contributed by atoms with Crippen LogP contribution in [0.4, 0.5) is 34.1 Å². The SMILES string of the molecule is CC1(C)c2cc(N(c3ccccc3)c3ccc4c(c3)c(N(c3ccccc3)c3ccc5c(c3)oc3c6ccccc6ccc53)cc3ccccc34)ccc2-c2c1ccc1ccccc21. The maximum Gasteiger partial charge on any atom is 0.143 e. The second kappa shape index (κ2) is 13.9. The Morgan fingerprint density at radius 2 is 0.906 bits per heavy atom. The van der Waals surface area contributed by atoms with E-state index in [1.165, 1.54) is 54.6 Å². The monoisotopic (exact) mass is 818 g/mol. The first-order chi connectivity index (χ1) is 31.5. The Hall–Kier alpha value is -8.14. The molecule has 11 aromatic carbocycles. The Kier molecular flexibility index (Phi) is 7.95. The van der Waals surface area contributed by atoms with Crippen molar-refractivity contribution in [2.75, 3.05) is 9.80 Å². The van der Waals surface area contributed by atoms with Crippen LogP contribution in [0.25, 0.3) is 76.2 Å². The van der Waals surface area contributed by atoms with E-state index >= 15 is 0 Å². The molecule has 3 nitrogen and oxygen atoms in total. The maximum absolute atomic E-state index is 6.79. The number of hydrogen-bond donors (Lipinski definition) is 0. The molecule has 0 radical (unpaired) electrons. The second-order valence-corrected chi connectivity index (χ2v) is 17.7. The summed E-state index contributed by atoms with van der Waals surface area (Å²) in [6.45, 7) is 4.75. The van der Waals surface area contributed by atoms with Crippen molar-refractivity contribution in [2.24, 2.45) is 0 Å². The largest absolute Gasteiger partial charge is 0.455 e. The lowest BCUT2D eigenvalue weighted by Crippen LogP contribution is -2.16. The van der Waals surface area contributed by atoms with Crippen LogP contribution in [0, 0.1) is 0 Å². The number of hydrogen-bond acceptors (Lipinski definition) is 3. The first-order valence-electron chi connectivity index (χ1n) is 22.2. The summed E-state index contributed by atoms with van der Waals surface area (Å²) >= 11 is 0. The van der Waals surface area contributed by atoms with Crippen molar-refractivity contribution in [3.05, 3.63) is 230 Å². The van der Waals surface area contributed by atoms with E-state index < -0.39 is 0 Å². The van der Waals surface area contributed by atoms with Crippen LogP contribution in [0.1, 0.15) is 25.0 Å². The second-order valence-electron chi connectivity index (χ2n) is 17.7. The number of anilines is 6. The minimum Gasteiger partial charge on any atom is -0.455 e. The molecule has 0 aliphatic heterocycles. The van der Waals surface area contributed by atoms with Gasteiger partial charge in [-0.15, -0.1) is 0 Å². The third-order valence-electron chi connectivity index (χ3n) is 13.8. The highest BCUT2D eigenvalue weighted by atomic mass is 16.3. The normalized spacial score (nSPS) is 13.0. The average molecular weight is 819 g/mol. The molecular weight excluding hydrogens is 777 g/mol. The van der Waals surface area contributed by atoms with Crippen LogP contribution in [0.2, 0.25) is 0 Å². The third kappa shape index (κ3) is 5.47. The summed E-state index contributed by atoms with van der Waals surface area (Å²) in [6, 6.07) is 79.7. The van der Waals surface area contributed by atoms with Gasteiger partial charge in [-0.25, -0.2) is 0 Å².